The van der Waals surface area contributed by atoms with Gasteiger partial charge in [-0.15, -0.1) is 0 Å². The Morgan fingerprint density at radius 3 is 2.67 bits per heavy atom. The van der Waals surface area contributed by atoms with Crippen LogP contribution in [0.25, 0.3) is 0 Å². The van der Waals surface area contributed by atoms with Crippen LogP contribution in [0.3, 0.4) is 0 Å². The Labute approximate surface area is 112 Å². The van der Waals surface area contributed by atoms with Gasteiger partial charge in [0.25, 0.3) is 0 Å². The average molecular weight is 267 g/mol. The average Bonchev–Trinajstić information content (AvgIpc) is 2.37. The molecule has 1 N–H and O–H groups in total. The molecule has 1 aromatic carbocycles. The third-order valence-corrected chi connectivity index (χ3v) is 3.92. The van der Waals surface area contributed by atoms with Crippen LogP contribution >= 0.6 is 0 Å². The molecular formula is C14H21NO2S. The highest BCUT2D eigenvalue weighted by Crippen LogP contribution is 2.12. The minimum Gasteiger partial charge on any atom is -0.490 e. The normalized spacial score (nSPS) is 13.9. The summed E-state index contributed by atoms with van der Waals surface area (Å²) in [7, 11) is -0.768. The SMILES string of the molecule is C=CCOc1ccc(CNCC(C)S(C)=O)cc1. The number of rotatable bonds is 8. The van der Waals surface area contributed by atoms with E-state index in [1.165, 1.54) is 5.56 Å². The second-order valence-electron chi connectivity index (χ2n) is 4.18. The zero-order valence-corrected chi connectivity index (χ0v) is 11.8. The summed E-state index contributed by atoms with van der Waals surface area (Å²) in [4.78, 5) is 0. The molecule has 100 valence electrons. The Morgan fingerprint density at radius 1 is 1.44 bits per heavy atom. The van der Waals surface area contributed by atoms with E-state index in [1.807, 2.05) is 31.2 Å². The van der Waals surface area contributed by atoms with Crippen molar-refractivity contribution in [2.75, 3.05) is 19.4 Å². The zero-order chi connectivity index (χ0) is 13.4. The van der Waals surface area contributed by atoms with Gasteiger partial charge in [-0.1, -0.05) is 24.8 Å². The third-order valence-electron chi connectivity index (χ3n) is 2.62. The summed E-state index contributed by atoms with van der Waals surface area (Å²) in [6, 6.07) is 7.95. The van der Waals surface area contributed by atoms with Crippen molar-refractivity contribution in [3.8, 4) is 5.75 Å². The highest BCUT2D eigenvalue weighted by molar-refractivity contribution is 7.84. The summed E-state index contributed by atoms with van der Waals surface area (Å²) < 4.78 is 16.6. The minimum absolute atomic E-state index is 0.181. The molecule has 4 heteroatoms. The molecule has 0 aliphatic carbocycles. The molecule has 3 nitrogen and oxygen atoms in total. The Morgan fingerprint density at radius 2 is 2.11 bits per heavy atom. The molecule has 1 aromatic rings. The molecule has 0 aromatic heterocycles. The van der Waals surface area contributed by atoms with Crippen LogP contribution in [0, 0.1) is 0 Å². The van der Waals surface area contributed by atoms with Crippen molar-refractivity contribution >= 4 is 10.8 Å². The summed E-state index contributed by atoms with van der Waals surface area (Å²) in [5.74, 6) is 0.849. The van der Waals surface area contributed by atoms with Crippen LogP contribution in [0.4, 0.5) is 0 Å². The Hall–Kier alpha value is -1.13. The molecule has 0 spiro atoms. The molecule has 0 heterocycles. The maximum Gasteiger partial charge on any atom is 0.119 e. The molecule has 0 aliphatic heterocycles. The van der Waals surface area contributed by atoms with Crippen LogP contribution in [0.1, 0.15) is 12.5 Å². The van der Waals surface area contributed by atoms with Crippen molar-refractivity contribution in [1.29, 1.82) is 0 Å². The first-order valence-electron chi connectivity index (χ1n) is 5.99. The van der Waals surface area contributed by atoms with Gasteiger partial charge in [0, 0.05) is 35.4 Å². The second kappa shape index (κ2) is 8.06. The summed E-state index contributed by atoms with van der Waals surface area (Å²) in [6.07, 6.45) is 3.46. The number of ether oxygens (including phenoxy) is 1. The van der Waals surface area contributed by atoms with E-state index in [4.69, 9.17) is 4.74 Å². The van der Waals surface area contributed by atoms with Gasteiger partial charge in [0.05, 0.1) is 0 Å². The van der Waals surface area contributed by atoms with E-state index in [0.29, 0.717) is 6.61 Å². The highest BCUT2D eigenvalue weighted by Gasteiger charge is 2.04. The molecule has 0 saturated heterocycles. The van der Waals surface area contributed by atoms with Crippen molar-refractivity contribution in [3.63, 3.8) is 0 Å². The fraction of sp³-hybridized carbons (Fsp3) is 0.429. The van der Waals surface area contributed by atoms with Crippen LogP contribution in [-0.4, -0.2) is 28.9 Å². The molecule has 0 bridgehead atoms. The molecule has 0 saturated carbocycles. The monoisotopic (exact) mass is 267 g/mol. The van der Waals surface area contributed by atoms with Crippen LogP contribution in [0.15, 0.2) is 36.9 Å². The maximum absolute atomic E-state index is 11.2. The van der Waals surface area contributed by atoms with Gasteiger partial charge in [-0.05, 0) is 24.6 Å². The van der Waals surface area contributed by atoms with E-state index in [9.17, 15) is 4.21 Å². The minimum atomic E-state index is -0.768. The summed E-state index contributed by atoms with van der Waals surface area (Å²) in [6.45, 7) is 7.65. The lowest BCUT2D eigenvalue weighted by atomic mass is 10.2. The number of hydrogen-bond donors (Lipinski definition) is 1. The van der Waals surface area contributed by atoms with Crippen molar-refractivity contribution in [2.45, 2.75) is 18.7 Å². The van der Waals surface area contributed by atoms with Crippen molar-refractivity contribution in [2.24, 2.45) is 0 Å². The van der Waals surface area contributed by atoms with Gasteiger partial charge in [-0.3, -0.25) is 4.21 Å². The van der Waals surface area contributed by atoms with Crippen molar-refractivity contribution < 1.29 is 8.95 Å². The summed E-state index contributed by atoms with van der Waals surface area (Å²) >= 11 is 0. The Bertz CT molecular complexity index is 389. The van der Waals surface area contributed by atoms with E-state index in [2.05, 4.69) is 11.9 Å². The van der Waals surface area contributed by atoms with E-state index >= 15 is 0 Å². The second-order valence-corrected chi connectivity index (χ2v) is 5.99. The molecule has 2 atom stereocenters. The van der Waals surface area contributed by atoms with Gasteiger partial charge in [-0.2, -0.15) is 0 Å². The fourth-order valence-corrected chi connectivity index (χ4v) is 1.75. The fourth-order valence-electron chi connectivity index (χ4n) is 1.40. The van der Waals surface area contributed by atoms with Gasteiger partial charge < -0.3 is 10.1 Å². The molecule has 0 aliphatic rings. The summed E-state index contributed by atoms with van der Waals surface area (Å²) in [5.41, 5.74) is 1.19. The molecule has 18 heavy (non-hydrogen) atoms. The van der Waals surface area contributed by atoms with Gasteiger partial charge in [-0.25, -0.2) is 0 Å². The molecule has 0 radical (unpaired) electrons. The van der Waals surface area contributed by atoms with E-state index < -0.39 is 10.8 Å². The maximum atomic E-state index is 11.2. The predicted molar refractivity (Wildman–Crippen MR) is 77.4 cm³/mol. The smallest absolute Gasteiger partial charge is 0.119 e. The van der Waals surface area contributed by atoms with Crippen LogP contribution < -0.4 is 10.1 Å². The first kappa shape index (κ1) is 14.9. The molecule has 2 unspecified atom stereocenters. The first-order chi connectivity index (χ1) is 8.63. The van der Waals surface area contributed by atoms with Crippen molar-refractivity contribution in [3.05, 3.63) is 42.5 Å². The van der Waals surface area contributed by atoms with Crippen LogP contribution in [0.5, 0.6) is 5.75 Å². The highest BCUT2D eigenvalue weighted by atomic mass is 32.2. The number of hydrogen-bond acceptors (Lipinski definition) is 3. The topological polar surface area (TPSA) is 38.3 Å². The first-order valence-corrected chi connectivity index (χ1v) is 7.61. The molecular weight excluding hydrogens is 246 g/mol. The van der Waals surface area contributed by atoms with Crippen LogP contribution in [0.2, 0.25) is 0 Å². The Kier molecular flexibility index (Phi) is 6.68. The van der Waals surface area contributed by atoms with Crippen LogP contribution in [-0.2, 0) is 17.3 Å². The molecule has 1 rings (SSSR count). The van der Waals surface area contributed by atoms with Gasteiger partial charge in [0.1, 0.15) is 12.4 Å². The molecule has 0 amide bonds. The number of benzene rings is 1. The largest absolute Gasteiger partial charge is 0.490 e. The lowest BCUT2D eigenvalue weighted by molar-refractivity contribution is 0.363. The Balaban J connectivity index is 2.34. The summed E-state index contributed by atoms with van der Waals surface area (Å²) in [5, 5.41) is 3.48. The van der Waals surface area contributed by atoms with Gasteiger partial charge in [0.15, 0.2) is 0 Å². The van der Waals surface area contributed by atoms with Crippen molar-refractivity contribution in [1.82, 2.24) is 5.32 Å². The third kappa shape index (κ3) is 5.47. The standard InChI is InChI=1S/C14H21NO2S/c1-4-9-17-14-7-5-13(6-8-14)11-15-10-12(2)18(3)16/h4-8,12,15H,1,9-11H2,2-3H3. The lowest BCUT2D eigenvalue weighted by Gasteiger charge is -2.10. The van der Waals surface area contributed by atoms with E-state index in [-0.39, 0.29) is 5.25 Å². The van der Waals surface area contributed by atoms with E-state index in [1.54, 1.807) is 12.3 Å². The number of nitrogens with one attached hydrogen (secondary N) is 1. The van der Waals surface area contributed by atoms with Gasteiger partial charge in [0.2, 0.25) is 0 Å². The lowest BCUT2D eigenvalue weighted by Crippen LogP contribution is -2.27. The predicted octanol–water partition coefficient (Wildman–Crippen LogP) is 2.11. The quantitative estimate of drug-likeness (QED) is 0.733. The molecule has 0 fully saturated rings. The van der Waals surface area contributed by atoms with E-state index in [0.717, 1.165) is 18.8 Å². The zero-order valence-electron chi connectivity index (χ0n) is 11.0. The van der Waals surface area contributed by atoms with Gasteiger partial charge >= 0.3 is 0 Å².